The number of hydrogen-bond donors (Lipinski definition) is 0. The Hall–Kier alpha value is -2.21. The van der Waals surface area contributed by atoms with E-state index < -0.39 is 11.9 Å². The molecule has 0 aromatic carbocycles. The van der Waals surface area contributed by atoms with Gasteiger partial charge in [0, 0.05) is 50.8 Å². The van der Waals surface area contributed by atoms with Crippen molar-refractivity contribution in [3.05, 3.63) is 37.4 Å². The topological polar surface area (TPSA) is 182 Å². The number of aromatic nitrogens is 4. The first-order valence-electron chi connectivity index (χ1n) is 5.44. The second-order valence-electron chi connectivity index (χ2n) is 3.44. The number of hydrogen-bond acceptors (Lipinski definition) is 6. The second kappa shape index (κ2) is 22.1. The maximum Gasteiger partial charge on any atom is 2.00 e. The normalized spacial score (nSPS) is 6.78. The predicted octanol–water partition coefficient (Wildman–Crippen LogP) is -3.49. The van der Waals surface area contributed by atoms with Gasteiger partial charge in [-0.2, -0.15) is 0 Å². The van der Waals surface area contributed by atoms with E-state index in [0.717, 1.165) is 13.8 Å². The van der Waals surface area contributed by atoms with Crippen molar-refractivity contribution in [2.75, 3.05) is 0 Å². The molecule has 0 saturated carbocycles. The van der Waals surface area contributed by atoms with Crippen molar-refractivity contribution >= 4 is 11.9 Å². The van der Waals surface area contributed by atoms with E-state index in [4.69, 9.17) is 19.8 Å². The van der Waals surface area contributed by atoms with Gasteiger partial charge in [0.2, 0.25) is 0 Å². The number of aliphatic carboxylic acids is 2. The van der Waals surface area contributed by atoms with E-state index in [1.54, 1.807) is 25.0 Å². The first-order chi connectivity index (χ1) is 9.25. The number of carbonyl (C=O) groups excluding carboxylic acids is 2. The van der Waals surface area contributed by atoms with Crippen LogP contribution in [0.25, 0.3) is 0 Å². The molecule has 23 heavy (non-hydrogen) atoms. The summed E-state index contributed by atoms with van der Waals surface area (Å²) in [5, 5.41) is 17.8. The zero-order valence-corrected chi connectivity index (χ0v) is 14.4. The predicted molar refractivity (Wildman–Crippen MR) is 77.5 cm³/mol. The second-order valence-corrected chi connectivity index (χ2v) is 3.44. The number of imidazole rings is 2. The minimum atomic E-state index is -1.08. The smallest absolute Gasteiger partial charge is 0.550 e. The summed E-state index contributed by atoms with van der Waals surface area (Å²) in [7, 11) is 3.88. The summed E-state index contributed by atoms with van der Waals surface area (Å²) in [6.45, 7) is 1.94. The SMILES string of the molecule is CC(=O)[O-].CC(=O)[O-].Cn1ccnc1.Cn1ccnc1.[Co+2].[OH3+].[OH3+]. The number of carbonyl (C=O) groups is 2. The van der Waals surface area contributed by atoms with E-state index in [-0.39, 0.29) is 27.7 Å². The van der Waals surface area contributed by atoms with Gasteiger partial charge in [-0.1, -0.05) is 0 Å². The van der Waals surface area contributed by atoms with Crippen molar-refractivity contribution in [2.45, 2.75) is 13.8 Å². The molecule has 135 valence electrons. The summed E-state index contributed by atoms with van der Waals surface area (Å²) in [5.41, 5.74) is 0. The number of carboxylic acids is 2. The van der Waals surface area contributed by atoms with Crippen molar-refractivity contribution in [3.8, 4) is 0 Å². The van der Waals surface area contributed by atoms with Crippen LogP contribution in [0, 0.1) is 0 Å². The van der Waals surface area contributed by atoms with Crippen LogP contribution in [-0.2, 0) is 51.4 Å². The molecule has 2 heterocycles. The summed E-state index contributed by atoms with van der Waals surface area (Å²) in [4.78, 5) is 25.3. The van der Waals surface area contributed by atoms with Gasteiger partial charge in [-0.25, -0.2) is 9.97 Å². The number of carboxylic acid groups (broad SMARTS) is 2. The average Bonchev–Trinajstić information content (AvgIpc) is 2.91. The molecule has 2 rings (SSSR count). The summed E-state index contributed by atoms with van der Waals surface area (Å²) in [5.74, 6) is -2.17. The molecule has 0 amide bonds. The minimum Gasteiger partial charge on any atom is -0.550 e. The molecule has 2 aromatic rings. The van der Waals surface area contributed by atoms with Gasteiger partial charge in [-0.3, -0.25) is 0 Å². The monoisotopic (exact) mass is 379 g/mol. The van der Waals surface area contributed by atoms with Gasteiger partial charge in [0.05, 0.1) is 12.7 Å². The Kier molecular flexibility index (Phi) is 31.3. The molecule has 0 atom stereocenters. The van der Waals surface area contributed by atoms with Crippen molar-refractivity contribution in [1.82, 2.24) is 19.1 Å². The third-order valence-electron chi connectivity index (χ3n) is 1.27. The van der Waals surface area contributed by atoms with E-state index in [9.17, 15) is 0 Å². The molecule has 10 nitrogen and oxygen atoms in total. The van der Waals surface area contributed by atoms with Crippen molar-refractivity contribution in [3.63, 3.8) is 0 Å². The van der Waals surface area contributed by atoms with Crippen LogP contribution in [0.2, 0.25) is 0 Å². The quantitative estimate of drug-likeness (QED) is 0.428. The van der Waals surface area contributed by atoms with Gasteiger partial charge in [0.25, 0.3) is 0 Å². The molecule has 0 fully saturated rings. The third kappa shape index (κ3) is 45.1. The van der Waals surface area contributed by atoms with Crippen LogP contribution in [0.1, 0.15) is 13.8 Å². The Morgan fingerprint density at radius 3 is 1.09 bits per heavy atom. The fraction of sp³-hybridized carbons (Fsp3) is 0.333. The molecule has 0 aliphatic heterocycles. The van der Waals surface area contributed by atoms with Crippen molar-refractivity contribution < 1.29 is 47.5 Å². The van der Waals surface area contributed by atoms with Crippen LogP contribution < -0.4 is 10.2 Å². The summed E-state index contributed by atoms with van der Waals surface area (Å²) in [6.07, 6.45) is 10.8. The molecule has 6 N–H and O–H groups in total. The molecule has 2 aromatic heterocycles. The molecule has 0 aliphatic carbocycles. The van der Waals surface area contributed by atoms with Crippen molar-refractivity contribution in [1.29, 1.82) is 0 Å². The van der Waals surface area contributed by atoms with Gasteiger partial charge in [-0.05, 0) is 13.8 Å². The molecule has 0 bridgehead atoms. The summed E-state index contributed by atoms with van der Waals surface area (Å²) < 4.78 is 3.78. The first-order valence-corrected chi connectivity index (χ1v) is 5.44. The number of nitrogens with zero attached hydrogens (tertiary/aromatic N) is 4. The van der Waals surface area contributed by atoms with E-state index in [0.29, 0.717) is 0 Å². The van der Waals surface area contributed by atoms with Crippen LogP contribution in [0.5, 0.6) is 0 Å². The largest absolute Gasteiger partial charge is 2.00 e. The molecule has 0 spiro atoms. The molecule has 11 heteroatoms. The average molecular weight is 379 g/mol. The Morgan fingerprint density at radius 2 is 1.04 bits per heavy atom. The van der Waals surface area contributed by atoms with E-state index in [2.05, 4.69) is 9.97 Å². The van der Waals surface area contributed by atoms with E-state index >= 15 is 0 Å². The van der Waals surface area contributed by atoms with E-state index in [1.165, 1.54) is 0 Å². The summed E-state index contributed by atoms with van der Waals surface area (Å²) >= 11 is 0. The standard InChI is InChI=1S/2C4H6N2.2C2H4O2.Co.2H2O/c2*1-6-3-2-5-4-6;2*1-2(3)4;;;/h2*2-4H,1H3;2*1H3,(H,3,4);;2*1H2/q;;;;+2;;. The van der Waals surface area contributed by atoms with Gasteiger partial charge in [0.15, 0.2) is 0 Å². The molecule has 0 aliphatic rings. The van der Waals surface area contributed by atoms with Crippen LogP contribution in [0.3, 0.4) is 0 Å². The maximum atomic E-state index is 8.89. The van der Waals surface area contributed by atoms with Crippen LogP contribution in [0.4, 0.5) is 0 Å². The van der Waals surface area contributed by atoms with Crippen LogP contribution >= 0.6 is 0 Å². The number of rotatable bonds is 0. The Morgan fingerprint density at radius 1 is 0.826 bits per heavy atom. The van der Waals surface area contributed by atoms with Gasteiger partial charge >= 0.3 is 16.8 Å². The van der Waals surface area contributed by atoms with E-state index in [1.807, 2.05) is 35.6 Å². The Balaban J connectivity index is -0.0000000613. The minimum absolute atomic E-state index is 0. The zero-order valence-electron chi connectivity index (χ0n) is 13.4. The molecule has 0 saturated heterocycles. The molecule has 0 unspecified atom stereocenters. The zero-order chi connectivity index (χ0) is 16.0. The van der Waals surface area contributed by atoms with Gasteiger partial charge in [-0.15, -0.1) is 0 Å². The number of aryl methyl sites for hydroxylation is 2. The van der Waals surface area contributed by atoms with Gasteiger partial charge < -0.3 is 39.9 Å². The Labute approximate surface area is 144 Å². The van der Waals surface area contributed by atoms with Crippen LogP contribution in [0.15, 0.2) is 37.4 Å². The van der Waals surface area contributed by atoms with Crippen LogP contribution in [-0.4, -0.2) is 31.0 Å². The molecule has 1 radical (unpaired) electrons. The fourth-order valence-corrected chi connectivity index (χ4v) is 0.652. The third-order valence-corrected chi connectivity index (χ3v) is 1.27. The van der Waals surface area contributed by atoms with Gasteiger partial charge in [0.1, 0.15) is 0 Å². The van der Waals surface area contributed by atoms with Crippen molar-refractivity contribution in [2.24, 2.45) is 14.1 Å². The Bertz CT molecular complexity index is 410. The molecular weight excluding hydrogens is 355 g/mol. The maximum absolute atomic E-state index is 8.89. The molecular formula is C12H24CoN4O6+2. The summed E-state index contributed by atoms with van der Waals surface area (Å²) in [6, 6.07) is 0. The fourth-order valence-electron chi connectivity index (χ4n) is 0.652. The first kappa shape index (κ1) is 32.7.